The van der Waals surface area contributed by atoms with E-state index in [0.717, 1.165) is 37.6 Å². The predicted molar refractivity (Wildman–Crippen MR) is 106 cm³/mol. The molecule has 2 aliphatic rings. The topological polar surface area (TPSA) is 32.8 Å². The third kappa shape index (κ3) is 5.00. The van der Waals surface area contributed by atoms with Crippen molar-refractivity contribution >= 4 is 5.91 Å². The van der Waals surface area contributed by atoms with E-state index in [1.54, 1.807) is 7.11 Å². The number of fused-ring (bicyclic) bond motifs is 1. The summed E-state index contributed by atoms with van der Waals surface area (Å²) < 4.78 is 5.20. The molecule has 1 heterocycles. The Labute approximate surface area is 158 Å². The number of carbonyl (C=O) groups is 1. The number of likely N-dealkylation sites (tertiary alicyclic amines) is 1. The van der Waals surface area contributed by atoms with Crippen LogP contribution in [0.1, 0.15) is 50.5 Å². The van der Waals surface area contributed by atoms with Gasteiger partial charge in [-0.3, -0.25) is 9.69 Å². The van der Waals surface area contributed by atoms with Crippen LogP contribution in [-0.4, -0.2) is 55.5 Å². The third-order valence-corrected chi connectivity index (χ3v) is 6.13. The van der Waals surface area contributed by atoms with Crippen molar-refractivity contribution in [2.24, 2.45) is 5.92 Å². The van der Waals surface area contributed by atoms with Crippen LogP contribution in [-0.2, 0) is 11.2 Å². The molecular formula is C22H34N2O2. The number of piperidine rings is 1. The normalized spacial score (nSPS) is 23.0. The van der Waals surface area contributed by atoms with Crippen LogP contribution in [0.2, 0.25) is 0 Å². The van der Waals surface area contributed by atoms with E-state index in [0.29, 0.717) is 18.5 Å². The Hall–Kier alpha value is -1.55. The molecule has 2 fully saturated rings. The molecule has 1 aromatic rings. The highest BCUT2D eigenvalue weighted by atomic mass is 16.5. The molecule has 0 spiro atoms. The molecule has 0 radical (unpaired) electrons. The lowest BCUT2D eigenvalue weighted by atomic mass is 9.78. The molecule has 1 aromatic carbocycles. The molecule has 1 saturated heterocycles. The molecule has 0 aromatic heterocycles. The fourth-order valence-electron chi connectivity index (χ4n) is 4.68. The Morgan fingerprint density at radius 3 is 2.65 bits per heavy atom. The standard InChI is InChI=1S/C22H34N2O2/c1-23(15-5-7-18-11-13-20(26-2)14-12-18)17-22(25)24-16-6-9-19-8-3-4-10-21(19)24/h11-14,19,21H,3-10,15-17H2,1-2H3. The van der Waals surface area contributed by atoms with Gasteiger partial charge in [0, 0.05) is 12.6 Å². The van der Waals surface area contributed by atoms with Gasteiger partial charge >= 0.3 is 0 Å². The number of rotatable bonds is 7. The molecule has 0 bridgehead atoms. The number of likely N-dealkylation sites (N-methyl/N-ethyl adjacent to an activating group) is 1. The molecule has 1 aliphatic heterocycles. The van der Waals surface area contributed by atoms with E-state index < -0.39 is 0 Å². The van der Waals surface area contributed by atoms with Gasteiger partial charge in [0.15, 0.2) is 0 Å². The Morgan fingerprint density at radius 2 is 1.88 bits per heavy atom. The smallest absolute Gasteiger partial charge is 0.236 e. The van der Waals surface area contributed by atoms with E-state index in [4.69, 9.17) is 4.74 Å². The monoisotopic (exact) mass is 358 g/mol. The van der Waals surface area contributed by atoms with Gasteiger partial charge in [-0.25, -0.2) is 0 Å². The van der Waals surface area contributed by atoms with Gasteiger partial charge in [0.05, 0.1) is 13.7 Å². The summed E-state index contributed by atoms with van der Waals surface area (Å²) in [4.78, 5) is 17.2. The van der Waals surface area contributed by atoms with Crippen molar-refractivity contribution in [2.75, 3.05) is 33.8 Å². The first kappa shape index (κ1) is 19.2. The van der Waals surface area contributed by atoms with E-state index in [-0.39, 0.29) is 0 Å². The molecule has 2 atom stereocenters. The zero-order chi connectivity index (χ0) is 18.4. The number of hydrogen-bond acceptors (Lipinski definition) is 3. The van der Waals surface area contributed by atoms with E-state index in [1.165, 1.54) is 44.1 Å². The summed E-state index contributed by atoms with van der Waals surface area (Å²) in [5.74, 6) is 2.01. The second-order valence-electron chi connectivity index (χ2n) is 8.03. The molecule has 1 amide bonds. The summed E-state index contributed by atoms with van der Waals surface area (Å²) in [7, 11) is 3.77. The maximum absolute atomic E-state index is 12.8. The van der Waals surface area contributed by atoms with Gasteiger partial charge < -0.3 is 9.64 Å². The van der Waals surface area contributed by atoms with E-state index in [1.807, 2.05) is 12.1 Å². The fourth-order valence-corrected chi connectivity index (χ4v) is 4.68. The average Bonchev–Trinajstić information content (AvgIpc) is 2.68. The number of methoxy groups -OCH3 is 1. The Balaban J connectivity index is 1.42. The van der Waals surface area contributed by atoms with Crippen LogP contribution in [0.4, 0.5) is 0 Å². The summed E-state index contributed by atoms with van der Waals surface area (Å²) in [6.07, 6.45) is 9.82. The zero-order valence-electron chi connectivity index (χ0n) is 16.5. The van der Waals surface area contributed by atoms with Crippen LogP contribution in [0.5, 0.6) is 5.75 Å². The van der Waals surface area contributed by atoms with Gasteiger partial charge in [-0.05, 0) is 75.7 Å². The minimum absolute atomic E-state index is 0.341. The first-order valence-corrected chi connectivity index (χ1v) is 10.3. The summed E-state index contributed by atoms with van der Waals surface area (Å²) in [5.41, 5.74) is 1.33. The van der Waals surface area contributed by atoms with Crippen molar-refractivity contribution in [3.8, 4) is 5.75 Å². The molecule has 4 heteroatoms. The van der Waals surface area contributed by atoms with Crippen LogP contribution in [0, 0.1) is 5.92 Å². The molecule has 3 rings (SSSR count). The number of hydrogen-bond donors (Lipinski definition) is 0. The summed E-state index contributed by atoms with van der Waals surface area (Å²) in [6, 6.07) is 8.80. The minimum atomic E-state index is 0.341. The quantitative estimate of drug-likeness (QED) is 0.744. The Kier molecular flexibility index (Phi) is 6.95. The molecule has 1 saturated carbocycles. The lowest BCUT2D eigenvalue weighted by Gasteiger charge is -2.44. The van der Waals surface area contributed by atoms with E-state index >= 15 is 0 Å². The van der Waals surface area contributed by atoms with Crippen LogP contribution >= 0.6 is 0 Å². The van der Waals surface area contributed by atoms with Gasteiger partial charge in [0.25, 0.3) is 0 Å². The summed E-state index contributed by atoms with van der Waals surface area (Å²) in [5, 5.41) is 0. The van der Waals surface area contributed by atoms with Gasteiger partial charge in [-0.15, -0.1) is 0 Å². The summed E-state index contributed by atoms with van der Waals surface area (Å²) in [6.45, 7) is 2.49. The van der Waals surface area contributed by atoms with Gasteiger partial charge in [0.2, 0.25) is 5.91 Å². The van der Waals surface area contributed by atoms with Crippen molar-refractivity contribution in [2.45, 2.75) is 57.4 Å². The van der Waals surface area contributed by atoms with Crippen molar-refractivity contribution in [1.82, 2.24) is 9.80 Å². The van der Waals surface area contributed by atoms with Crippen molar-refractivity contribution < 1.29 is 9.53 Å². The average molecular weight is 359 g/mol. The number of carbonyl (C=O) groups excluding carboxylic acids is 1. The highest BCUT2D eigenvalue weighted by Crippen LogP contribution is 2.35. The predicted octanol–water partition coefficient (Wildman–Crippen LogP) is 3.74. The number of aryl methyl sites for hydroxylation is 1. The maximum atomic E-state index is 12.8. The van der Waals surface area contributed by atoms with Gasteiger partial charge in [-0.1, -0.05) is 25.0 Å². The van der Waals surface area contributed by atoms with Crippen molar-refractivity contribution in [3.05, 3.63) is 29.8 Å². The molecule has 0 N–H and O–H groups in total. The van der Waals surface area contributed by atoms with Crippen LogP contribution in [0.15, 0.2) is 24.3 Å². The number of benzene rings is 1. The lowest BCUT2D eigenvalue weighted by Crippen LogP contribution is -2.52. The Bertz CT molecular complexity index is 570. The van der Waals surface area contributed by atoms with Gasteiger partial charge in [0.1, 0.15) is 5.75 Å². The minimum Gasteiger partial charge on any atom is -0.497 e. The number of nitrogens with zero attached hydrogens (tertiary/aromatic N) is 2. The van der Waals surface area contributed by atoms with E-state index in [2.05, 4.69) is 29.0 Å². The molecule has 26 heavy (non-hydrogen) atoms. The van der Waals surface area contributed by atoms with Crippen LogP contribution in [0.25, 0.3) is 0 Å². The highest BCUT2D eigenvalue weighted by molar-refractivity contribution is 5.78. The van der Waals surface area contributed by atoms with Crippen LogP contribution < -0.4 is 4.74 Å². The molecule has 2 unspecified atom stereocenters. The molecule has 1 aliphatic carbocycles. The number of amides is 1. The SMILES string of the molecule is COc1ccc(CCCN(C)CC(=O)N2CCCC3CCCCC32)cc1. The fraction of sp³-hybridized carbons (Fsp3) is 0.682. The third-order valence-electron chi connectivity index (χ3n) is 6.13. The van der Waals surface area contributed by atoms with Gasteiger partial charge in [-0.2, -0.15) is 0 Å². The van der Waals surface area contributed by atoms with Crippen molar-refractivity contribution in [3.63, 3.8) is 0 Å². The number of ether oxygens (including phenoxy) is 1. The maximum Gasteiger partial charge on any atom is 0.236 e. The largest absolute Gasteiger partial charge is 0.497 e. The van der Waals surface area contributed by atoms with Crippen LogP contribution in [0.3, 0.4) is 0 Å². The molecule has 144 valence electrons. The lowest BCUT2D eigenvalue weighted by molar-refractivity contribution is -0.138. The second-order valence-corrected chi connectivity index (χ2v) is 8.03. The second kappa shape index (κ2) is 9.40. The zero-order valence-corrected chi connectivity index (χ0v) is 16.5. The highest BCUT2D eigenvalue weighted by Gasteiger charge is 2.35. The first-order valence-electron chi connectivity index (χ1n) is 10.3. The van der Waals surface area contributed by atoms with Crippen molar-refractivity contribution in [1.29, 1.82) is 0 Å². The Morgan fingerprint density at radius 1 is 1.15 bits per heavy atom. The molecular weight excluding hydrogens is 324 g/mol. The first-order chi connectivity index (χ1) is 12.7. The van der Waals surface area contributed by atoms with E-state index in [9.17, 15) is 4.79 Å². The summed E-state index contributed by atoms with van der Waals surface area (Å²) >= 11 is 0. The molecule has 4 nitrogen and oxygen atoms in total.